The second-order valence-corrected chi connectivity index (χ2v) is 5.67. The topological polar surface area (TPSA) is 57.6 Å². The van der Waals surface area contributed by atoms with E-state index in [2.05, 4.69) is 6.92 Å². The molecule has 1 N–H and O–H groups in total. The maximum Gasteiger partial charge on any atom is 0.312 e. The van der Waals surface area contributed by atoms with E-state index in [-0.39, 0.29) is 5.91 Å². The number of hydrogen-bond donors (Lipinski definition) is 1. The smallest absolute Gasteiger partial charge is 0.312 e. The quantitative estimate of drug-likeness (QED) is 0.818. The number of carbonyl (C=O) groups excluding carboxylic acids is 1. The second-order valence-electron chi connectivity index (χ2n) is 5.67. The van der Waals surface area contributed by atoms with Crippen LogP contribution < -0.4 is 0 Å². The molecule has 0 aliphatic carbocycles. The number of benzene rings is 1. The molecule has 0 spiro atoms. The predicted molar refractivity (Wildman–Crippen MR) is 81.0 cm³/mol. The summed E-state index contributed by atoms with van der Waals surface area (Å²) in [6.07, 6.45) is 4.77. The molecule has 21 heavy (non-hydrogen) atoms. The number of aliphatic carboxylic acids is 1. The predicted octanol–water partition coefficient (Wildman–Crippen LogP) is 3.17. The Hall–Kier alpha value is -1.84. The van der Waals surface area contributed by atoms with Crippen molar-refractivity contribution in [1.82, 2.24) is 4.90 Å². The minimum absolute atomic E-state index is 0.0758. The maximum absolute atomic E-state index is 12.3. The minimum atomic E-state index is -0.856. The van der Waals surface area contributed by atoms with Gasteiger partial charge in [0.15, 0.2) is 0 Å². The SMILES string of the molecule is CCCCCCC(=O)N1Cc2ccccc2C(C(=O)O)C1. The van der Waals surface area contributed by atoms with Crippen molar-refractivity contribution in [3.05, 3.63) is 35.4 Å². The van der Waals surface area contributed by atoms with Crippen molar-refractivity contribution < 1.29 is 14.7 Å². The minimum Gasteiger partial charge on any atom is -0.481 e. The number of amides is 1. The molecule has 1 aromatic rings. The number of fused-ring (bicyclic) bond motifs is 1. The van der Waals surface area contributed by atoms with Crippen LogP contribution in [-0.4, -0.2) is 28.4 Å². The van der Waals surface area contributed by atoms with Crippen LogP contribution in [0.3, 0.4) is 0 Å². The van der Waals surface area contributed by atoms with Crippen LogP contribution in [0.4, 0.5) is 0 Å². The van der Waals surface area contributed by atoms with Gasteiger partial charge < -0.3 is 10.0 Å². The van der Waals surface area contributed by atoms with Gasteiger partial charge in [0.25, 0.3) is 0 Å². The van der Waals surface area contributed by atoms with Gasteiger partial charge in [-0.05, 0) is 17.5 Å². The molecule has 0 aromatic heterocycles. The summed E-state index contributed by atoms with van der Waals surface area (Å²) in [7, 11) is 0. The van der Waals surface area contributed by atoms with Crippen LogP contribution in [-0.2, 0) is 16.1 Å². The summed E-state index contributed by atoms with van der Waals surface area (Å²) in [5.74, 6) is -1.38. The molecule has 1 atom stereocenters. The van der Waals surface area contributed by atoms with Crippen LogP contribution in [0.25, 0.3) is 0 Å². The van der Waals surface area contributed by atoms with Crippen LogP contribution in [0, 0.1) is 0 Å². The molecular weight excluding hydrogens is 266 g/mol. The largest absolute Gasteiger partial charge is 0.481 e. The molecule has 114 valence electrons. The van der Waals surface area contributed by atoms with Gasteiger partial charge in [-0.15, -0.1) is 0 Å². The van der Waals surface area contributed by atoms with Crippen LogP contribution in [0.15, 0.2) is 24.3 Å². The molecule has 0 bridgehead atoms. The number of nitrogens with zero attached hydrogens (tertiary/aromatic N) is 1. The van der Waals surface area contributed by atoms with Crippen LogP contribution in [0.5, 0.6) is 0 Å². The van der Waals surface area contributed by atoms with Crippen molar-refractivity contribution in [2.75, 3.05) is 6.54 Å². The third kappa shape index (κ3) is 3.84. The fourth-order valence-electron chi connectivity index (χ4n) is 2.87. The number of carboxylic acids is 1. The summed E-state index contributed by atoms with van der Waals surface area (Å²) in [6, 6.07) is 7.53. The molecule has 0 radical (unpaired) electrons. The van der Waals surface area contributed by atoms with E-state index < -0.39 is 11.9 Å². The summed E-state index contributed by atoms with van der Waals surface area (Å²) in [5.41, 5.74) is 1.80. The number of unbranched alkanes of at least 4 members (excludes halogenated alkanes) is 3. The van der Waals surface area contributed by atoms with Gasteiger partial charge in [0.1, 0.15) is 0 Å². The Balaban J connectivity index is 2.03. The van der Waals surface area contributed by atoms with Crippen molar-refractivity contribution in [1.29, 1.82) is 0 Å². The first-order valence-corrected chi connectivity index (χ1v) is 7.72. The number of rotatable bonds is 6. The number of carbonyl (C=O) groups is 2. The zero-order valence-corrected chi connectivity index (χ0v) is 12.5. The fraction of sp³-hybridized carbons (Fsp3) is 0.529. The van der Waals surface area contributed by atoms with E-state index >= 15 is 0 Å². The monoisotopic (exact) mass is 289 g/mol. The molecule has 1 amide bonds. The van der Waals surface area contributed by atoms with Gasteiger partial charge in [-0.1, -0.05) is 50.5 Å². The van der Waals surface area contributed by atoms with E-state index in [1.54, 1.807) is 4.90 Å². The first-order chi connectivity index (χ1) is 10.1. The van der Waals surface area contributed by atoms with Gasteiger partial charge in [0, 0.05) is 19.5 Å². The average Bonchev–Trinajstić information content (AvgIpc) is 2.50. The Morgan fingerprint density at radius 3 is 2.71 bits per heavy atom. The first kappa shape index (κ1) is 15.5. The highest BCUT2D eigenvalue weighted by atomic mass is 16.4. The lowest BCUT2D eigenvalue weighted by molar-refractivity contribution is -0.141. The van der Waals surface area contributed by atoms with Crippen LogP contribution >= 0.6 is 0 Å². The molecule has 4 nitrogen and oxygen atoms in total. The molecule has 0 saturated heterocycles. The Kier molecular flexibility index (Phi) is 5.37. The summed E-state index contributed by atoms with van der Waals surface area (Å²) < 4.78 is 0. The Bertz CT molecular complexity index is 513. The Morgan fingerprint density at radius 2 is 2.00 bits per heavy atom. The van der Waals surface area contributed by atoms with Gasteiger partial charge in [-0.3, -0.25) is 9.59 Å². The van der Waals surface area contributed by atoms with Crippen LogP contribution in [0.1, 0.15) is 56.1 Å². The third-order valence-corrected chi connectivity index (χ3v) is 4.09. The van der Waals surface area contributed by atoms with Gasteiger partial charge in [0.2, 0.25) is 5.91 Å². The van der Waals surface area contributed by atoms with Gasteiger partial charge in [0.05, 0.1) is 5.92 Å². The van der Waals surface area contributed by atoms with Gasteiger partial charge in [-0.2, -0.15) is 0 Å². The van der Waals surface area contributed by atoms with Crippen molar-refractivity contribution in [3.63, 3.8) is 0 Å². The molecule has 0 fully saturated rings. The summed E-state index contributed by atoms with van der Waals surface area (Å²) in [6.45, 7) is 2.96. The second kappa shape index (κ2) is 7.25. The van der Waals surface area contributed by atoms with E-state index in [0.717, 1.165) is 36.8 Å². The molecule has 4 heteroatoms. The zero-order chi connectivity index (χ0) is 15.2. The van der Waals surface area contributed by atoms with E-state index in [1.807, 2.05) is 24.3 Å². The highest BCUT2D eigenvalue weighted by molar-refractivity contribution is 5.81. The Labute approximate surface area is 125 Å². The van der Waals surface area contributed by atoms with E-state index in [0.29, 0.717) is 19.5 Å². The van der Waals surface area contributed by atoms with E-state index in [9.17, 15) is 14.7 Å². The summed E-state index contributed by atoms with van der Waals surface area (Å²) >= 11 is 0. The lowest BCUT2D eigenvalue weighted by Gasteiger charge is -2.33. The third-order valence-electron chi connectivity index (χ3n) is 4.09. The standard InChI is InChI=1S/C17H23NO3/c1-2-3-4-5-10-16(19)18-11-13-8-6-7-9-14(13)15(12-18)17(20)21/h6-9,15H,2-5,10-12H2,1H3,(H,20,21). The molecular formula is C17H23NO3. The van der Waals surface area contributed by atoms with Crippen molar-refractivity contribution in [2.45, 2.75) is 51.5 Å². The molecule has 1 aliphatic heterocycles. The summed E-state index contributed by atoms with van der Waals surface area (Å²) in [4.78, 5) is 25.4. The molecule has 0 saturated carbocycles. The van der Waals surface area contributed by atoms with E-state index in [1.165, 1.54) is 0 Å². The molecule has 1 heterocycles. The number of carboxylic acid groups (broad SMARTS) is 1. The highest BCUT2D eigenvalue weighted by Gasteiger charge is 2.31. The highest BCUT2D eigenvalue weighted by Crippen LogP contribution is 2.29. The first-order valence-electron chi connectivity index (χ1n) is 7.72. The average molecular weight is 289 g/mol. The lowest BCUT2D eigenvalue weighted by atomic mass is 9.89. The van der Waals surface area contributed by atoms with E-state index in [4.69, 9.17) is 0 Å². The van der Waals surface area contributed by atoms with Crippen molar-refractivity contribution in [3.8, 4) is 0 Å². The number of hydrogen-bond acceptors (Lipinski definition) is 2. The van der Waals surface area contributed by atoms with Crippen LogP contribution in [0.2, 0.25) is 0 Å². The maximum atomic E-state index is 12.3. The zero-order valence-electron chi connectivity index (χ0n) is 12.5. The molecule has 1 aromatic carbocycles. The lowest BCUT2D eigenvalue weighted by Crippen LogP contribution is -2.40. The summed E-state index contributed by atoms with van der Waals surface area (Å²) in [5, 5.41) is 9.39. The van der Waals surface area contributed by atoms with Crippen molar-refractivity contribution >= 4 is 11.9 Å². The fourth-order valence-corrected chi connectivity index (χ4v) is 2.87. The Morgan fingerprint density at radius 1 is 1.24 bits per heavy atom. The van der Waals surface area contributed by atoms with Crippen molar-refractivity contribution in [2.24, 2.45) is 0 Å². The van der Waals surface area contributed by atoms with Gasteiger partial charge in [-0.25, -0.2) is 0 Å². The molecule has 2 rings (SSSR count). The molecule has 1 aliphatic rings. The molecule has 1 unspecified atom stereocenters. The normalized spacial score (nSPS) is 17.4. The van der Waals surface area contributed by atoms with Gasteiger partial charge >= 0.3 is 5.97 Å².